The van der Waals surface area contributed by atoms with Crippen molar-refractivity contribution >= 4 is 44.2 Å². The molecule has 0 unspecified atom stereocenters. The van der Waals surface area contributed by atoms with Gasteiger partial charge in [0.1, 0.15) is 11.7 Å². The average Bonchev–Trinajstić information content (AvgIpc) is 3.73. The second kappa shape index (κ2) is 15.6. The van der Waals surface area contributed by atoms with E-state index in [-0.39, 0.29) is 0 Å². The first-order valence-electron chi connectivity index (χ1n) is 19.9. The maximum Gasteiger partial charge on any atom is 0.145 e. The highest BCUT2D eigenvalue weighted by Gasteiger charge is 2.20. The van der Waals surface area contributed by atoms with Gasteiger partial charge in [-0.25, -0.2) is 9.98 Å². The van der Waals surface area contributed by atoms with E-state index in [0.717, 1.165) is 77.7 Å². The van der Waals surface area contributed by atoms with Crippen LogP contribution in [0.5, 0.6) is 0 Å². The molecule has 0 bridgehead atoms. The zero-order chi connectivity index (χ0) is 39.5. The number of hydrogen-bond acceptors (Lipinski definition) is 3. The highest BCUT2D eigenvalue weighted by Crippen LogP contribution is 2.39. The van der Waals surface area contributed by atoms with Crippen LogP contribution in [-0.4, -0.2) is 20.4 Å². The van der Waals surface area contributed by atoms with Crippen molar-refractivity contribution < 1.29 is 0 Å². The molecule has 5 nitrogen and oxygen atoms in total. The standard InChI is InChI=1S/C54H39N5/c55-53(43-15-6-2-7-16-43)57-49(35-24-37-22-25-39(26-23-37)38-13-4-1-5-14-38)42-29-27-40(28-30-42)41-31-33-45(34-32-41)59-52-47-20-11-10-19-46(47)50-48(21-12-36-56-50)51(52)58-54(59)44-17-8-3-9-18-44/h1-23,25-36H,24H2,(H2,55,57)/b49-35-. The van der Waals surface area contributed by atoms with Gasteiger partial charge >= 0.3 is 0 Å². The minimum atomic E-state index is 0.481. The Morgan fingerprint density at radius 2 is 1.03 bits per heavy atom. The molecule has 10 rings (SSSR count). The van der Waals surface area contributed by atoms with Crippen molar-refractivity contribution in [2.45, 2.75) is 6.42 Å². The van der Waals surface area contributed by atoms with Crippen molar-refractivity contribution in [1.29, 1.82) is 0 Å². The molecule has 0 aliphatic carbocycles. The Balaban J connectivity index is 1.00. The second-order valence-electron chi connectivity index (χ2n) is 14.6. The molecule has 8 aromatic carbocycles. The van der Waals surface area contributed by atoms with E-state index in [1.54, 1.807) is 0 Å². The zero-order valence-electron chi connectivity index (χ0n) is 32.3. The number of aliphatic imine (C=N–C) groups is 1. The van der Waals surface area contributed by atoms with Gasteiger partial charge in [0.2, 0.25) is 0 Å². The van der Waals surface area contributed by atoms with E-state index in [0.29, 0.717) is 12.3 Å². The Labute approximate surface area is 343 Å². The molecular weight excluding hydrogens is 719 g/mol. The Morgan fingerprint density at radius 3 is 1.71 bits per heavy atom. The van der Waals surface area contributed by atoms with Crippen LogP contribution in [0.2, 0.25) is 0 Å². The van der Waals surface area contributed by atoms with Crippen LogP contribution >= 0.6 is 0 Å². The molecule has 0 radical (unpaired) electrons. The average molecular weight is 758 g/mol. The number of imidazole rings is 1. The minimum absolute atomic E-state index is 0.481. The van der Waals surface area contributed by atoms with E-state index in [1.165, 1.54) is 16.7 Å². The highest BCUT2D eigenvalue weighted by atomic mass is 15.1. The zero-order valence-corrected chi connectivity index (χ0v) is 32.3. The smallest absolute Gasteiger partial charge is 0.145 e. The normalized spacial score (nSPS) is 12.1. The first-order valence-corrected chi connectivity index (χ1v) is 19.9. The molecule has 2 aromatic heterocycles. The number of aromatic nitrogens is 3. The van der Waals surface area contributed by atoms with Gasteiger partial charge in [0.05, 0.1) is 22.2 Å². The van der Waals surface area contributed by atoms with E-state index in [9.17, 15) is 0 Å². The van der Waals surface area contributed by atoms with E-state index in [4.69, 9.17) is 20.7 Å². The topological polar surface area (TPSA) is 69.1 Å². The third-order valence-corrected chi connectivity index (χ3v) is 11.0. The number of allylic oxidation sites excluding steroid dienone is 1. The van der Waals surface area contributed by atoms with Crippen LogP contribution in [0.4, 0.5) is 0 Å². The second-order valence-corrected chi connectivity index (χ2v) is 14.6. The van der Waals surface area contributed by atoms with Crippen LogP contribution in [0.25, 0.3) is 77.7 Å². The molecule has 0 saturated heterocycles. The van der Waals surface area contributed by atoms with E-state index >= 15 is 0 Å². The Bertz CT molecular complexity index is 3130. The predicted molar refractivity (Wildman–Crippen MR) is 245 cm³/mol. The summed E-state index contributed by atoms with van der Waals surface area (Å²) in [5.74, 6) is 1.37. The van der Waals surface area contributed by atoms with Crippen LogP contribution < -0.4 is 5.73 Å². The molecular formula is C54H39N5. The summed E-state index contributed by atoms with van der Waals surface area (Å²) >= 11 is 0. The van der Waals surface area contributed by atoms with Crippen molar-refractivity contribution in [3.05, 3.63) is 229 Å². The molecule has 0 spiro atoms. The Hall–Kier alpha value is -7.89. The fraction of sp³-hybridized carbons (Fsp3) is 0.0185. The largest absolute Gasteiger partial charge is 0.383 e. The van der Waals surface area contributed by atoms with Crippen molar-refractivity contribution in [3.8, 4) is 39.3 Å². The van der Waals surface area contributed by atoms with Crippen LogP contribution in [0.15, 0.2) is 217 Å². The highest BCUT2D eigenvalue weighted by molar-refractivity contribution is 6.23. The lowest BCUT2D eigenvalue weighted by Crippen LogP contribution is -2.13. The number of benzene rings is 8. The van der Waals surface area contributed by atoms with Crippen molar-refractivity contribution in [2.24, 2.45) is 10.7 Å². The van der Waals surface area contributed by atoms with Crippen molar-refractivity contribution in [2.75, 3.05) is 0 Å². The van der Waals surface area contributed by atoms with E-state index in [2.05, 4.69) is 162 Å². The maximum atomic E-state index is 6.60. The number of hydrogen-bond donors (Lipinski definition) is 1. The molecule has 0 saturated carbocycles. The summed E-state index contributed by atoms with van der Waals surface area (Å²) in [4.78, 5) is 15.1. The maximum absolute atomic E-state index is 6.60. The first kappa shape index (κ1) is 35.5. The predicted octanol–water partition coefficient (Wildman–Crippen LogP) is 12.7. The number of rotatable bonds is 9. The van der Waals surface area contributed by atoms with Gasteiger partial charge in [0, 0.05) is 39.2 Å². The minimum Gasteiger partial charge on any atom is -0.383 e. The van der Waals surface area contributed by atoms with E-state index < -0.39 is 0 Å². The van der Waals surface area contributed by atoms with Gasteiger partial charge in [0.25, 0.3) is 0 Å². The van der Waals surface area contributed by atoms with Crippen molar-refractivity contribution in [1.82, 2.24) is 14.5 Å². The Kier molecular flexibility index (Phi) is 9.37. The summed E-state index contributed by atoms with van der Waals surface area (Å²) in [5.41, 5.74) is 20.2. The van der Waals surface area contributed by atoms with Crippen LogP contribution in [0, 0.1) is 0 Å². The molecule has 0 aliphatic heterocycles. The lowest BCUT2D eigenvalue weighted by molar-refractivity contribution is 1.11. The van der Waals surface area contributed by atoms with Crippen LogP contribution in [-0.2, 0) is 6.42 Å². The fourth-order valence-corrected chi connectivity index (χ4v) is 7.94. The molecule has 0 aliphatic rings. The monoisotopic (exact) mass is 757 g/mol. The third kappa shape index (κ3) is 6.96. The molecule has 2 N–H and O–H groups in total. The van der Waals surface area contributed by atoms with Gasteiger partial charge in [-0.05, 0) is 64.1 Å². The number of pyridine rings is 1. The fourth-order valence-electron chi connectivity index (χ4n) is 7.94. The molecule has 2 heterocycles. The van der Waals surface area contributed by atoms with E-state index in [1.807, 2.05) is 54.7 Å². The summed E-state index contributed by atoms with van der Waals surface area (Å²) in [6.07, 6.45) is 4.74. The number of amidine groups is 1. The summed E-state index contributed by atoms with van der Waals surface area (Å²) in [7, 11) is 0. The molecule has 5 heteroatoms. The SMILES string of the molecule is NC(=N/C(=C\Cc1ccc(-c2ccccc2)cc1)c1ccc(-c2ccc(-n3c(-c4ccccc4)nc4c5cccnc5c5ccccc5c43)cc2)cc1)c1ccccc1. The van der Waals surface area contributed by atoms with Gasteiger partial charge in [0.15, 0.2) is 0 Å². The molecule has 280 valence electrons. The lowest BCUT2D eigenvalue weighted by Gasteiger charge is -2.13. The summed E-state index contributed by atoms with van der Waals surface area (Å²) in [5, 5.41) is 3.27. The summed E-state index contributed by atoms with van der Waals surface area (Å²) in [6.45, 7) is 0. The Morgan fingerprint density at radius 1 is 0.492 bits per heavy atom. The first-order chi connectivity index (χ1) is 29.2. The molecule has 0 amide bonds. The quantitative estimate of drug-likeness (QED) is 0.0905. The molecule has 10 aromatic rings. The van der Waals surface area contributed by atoms with Gasteiger partial charge in [-0.2, -0.15) is 0 Å². The van der Waals surface area contributed by atoms with Crippen LogP contribution in [0.1, 0.15) is 16.7 Å². The van der Waals surface area contributed by atoms with Crippen molar-refractivity contribution in [3.63, 3.8) is 0 Å². The summed E-state index contributed by atoms with van der Waals surface area (Å²) < 4.78 is 2.30. The molecule has 0 fully saturated rings. The molecule has 59 heavy (non-hydrogen) atoms. The number of nitrogens with zero attached hydrogens (tertiary/aromatic N) is 4. The van der Waals surface area contributed by atoms with Crippen LogP contribution in [0.3, 0.4) is 0 Å². The number of nitrogens with two attached hydrogens (primary N) is 1. The molecule has 0 atom stereocenters. The van der Waals surface area contributed by atoms with Gasteiger partial charge < -0.3 is 5.73 Å². The summed E-state index contributed by atoms with van der Waals surface area (Å²) in [6, 6.07) is 69.5. The number of fused-ring (bicyclic) bond motifs is 6. The van der Waals surface area contributed by atoms with Gasteiger partial charge in [-0.15, -0.1) is 0 Å². The van der Waals surface area contributed by atoms with Gasteiger partial charge in [-0.1, -0.05) is 182 Å². The van der Waals surface area contributed by atoms with Gasteiger partial charge in [-0.3, -0.25) is 9.55 Å². The third-order valence-electron chi connectivity index (χ3n) is 11.0. The lowest BCUT2D eigenvalue weighted by atomic mass is 10.0.